The maximum absolute atomic E-state index is 11.3. The van der Waals surface area contributed by atoms with E-state index < -0.39 is 18.0 Å². The summed E-state index contributed by atoms with van der Waals surface area (Å²) >= 11 is 6.17. The fourth-order valence-corrected chi connectivity index (χ4v) is 3.12. The zero-order chi connectivity index (χ0) is 17.7. The molecule has 2 N–H and O–H groups in total. The fourth-order valence-electron chi connectivity index (χ4n) is 2.89. The van der Waals surface area contributed by atoms with E-state index in [0.717, 1.165) is 12.0 Å². The van der Waals surface area contributed by atoms with Gasteiger partial charge in [-0.25, -0.2) is 0 Å². The minimum absolute atomic E-state index is 0.290. The van der Waals surface area contributed by atoms with Gasteiger partial charge < -0.3 is 19.7 Å². The zero-order valence-electron chi connectivity index (χ0n) is 14.0. The number of carbonyl (C=O) groups is 1. The van der Waals surface area contributed by atoms with Gasteiger partial charge in [-0.05, 0) is 18.9 Å². The molecular weight excluding hydrogens is 334 g/mol. The van der Waals surface area contributed by atoms with Crippen LogP contribution in [0.1, 0.15) is 25.3 Å². The van der Waals surface area contributed by atoms with Gasteiger partial charge in [-0.1, -0.05) is 18.5 Å². The third-order valence-corrected chi connectivity index (χ3v) is 4.36. The van der Waals surface area contributed by atoms with Crippen LogP contribution in [0, 0.1) is 5.92 Å². The predicted octanol–water partition coefficient (Wildman–Crippen LogP) is 2.40. The van der Waals surface area contributed by atoms with Crippen molar-refractivity contribution in [1.29, 1.82) is 0 Å². The van der Waals surface area contributed by atoms with Crippen LogP contribution in [-0.2, 0) is 11.3 Å². The van der Waals surface area contributed by atoms with E-state index in [2.05, 4.69) is 0 Å². The molecule has 7 heteroatoms. The van der Waals surface area contributed by atoms with Crippen molar-refractivity contribution in [3.63, 3.8) is 0 Å². The standard InChI is InChI=1S/C17H24ClNO5/c1-3-6-24-16-11(7-12(18)8-15(16)23-2)9-19-5-4-14(20)13(10-19)17(21)22/h7-8,13-14,20H,3-6,9-10H2,1-2H3,(H,21,22)/t13-,14+/m0/s1. The highest BCUT2D eigenvalue weighted by atomic mass is 35.5. The van der Waals surface area contributed by atoms with Crippen molar-refractivity contribution in [2.24, 2.45) is 5.92 Å². The lowest BCUT2D eigenvalue weighted by molar-refractivity contribution is -0.149. The summed E-state index contributed by atoms with van der Waals surface area (Å²) in [6.45, 7) is 3.98. The minimum Gasteiger partial charge on any atom is -0.493 e. The summed E-state index contributed by atoms with van der Waals surface area (Å²) in [5.74, 6) is -0.544. The van der Waals surface area contributed by atoms with E-state index in [1.165, 1.54) is 0 Å². The van der Waals surface area contributed by atoms with Gasteiger partial charge in [0, 0.05) is 36.3 Å². The summed E-state index contributed by atoms with van der Waals surface area (Å²) < 4.78 is 11.2. The number of rotatable bonds is 7. The molecule has 0 unspecified atom stereocenters. The van der Waals surface area contributed by atoms with Crippen LogP contribution in [0.25, 0.3) is 0 Å². The number of aliphatic carboxylic acids is 1. The van der Waals surface area contributed by atoms with Gasteiger partial charge in [0.25, 0.3) is 0 Å². The molecule has 1 saturated heterocycles. The molecule has 6 nitrogen and oxygen atoms in total. The van der Waals surface area contributed by atoms with E-state index in [-0.39, 0.29) is 0 Å². The largest absolute Gasteiger partial charge is 0.493 e. The Morgan fingerprint density at radius 1 is 1.46 bits per heavy atom. The second-order valence-electron chi connectivity index (χ2n) is 5.98. The van der Waals surface area contributed by atoms with E-state index >= 15 is 0 Å². The van der Waals surface area contributed by atoms with Crippen molar-refractivity contribution < 1.29 is 24.5 Å². The number of likely N-dealkylation sites (tertiary alicyclic amines) is 1. The summed E-state index contributed by atoms with van der Waals surface area (Å²) in [6.07, 6.45) is 0.491. The number of piperidine rings is 1. The number of carboxylic acid groups (broad SMARTS) is 1. The van der Waals surface area contributed by atoms with Gasteiger partial charge in [-0.15, -0.1) is 0 Å². The minimum atomic E-state index is -0.974. The second-order valence-corrected chi connectivity index (χ2v) is 6.42. The zero-order valence-corrected chi connectivity index (χ0v) is 14.8. The molecule has 2 atom stereocenters. The molecule has 2 rings (SSSR count). The molecule has 1 aliphatic heterocycles. The van der Waals surface area contributed by atoms with Crippen molar-refractivity contribution in [2.75, 3.05) is 26.8 Å². The number of nitrogens with zero attached hydrogens (tertiary/aromatic N) is 1. The molecule has 0 radical (unpaired) electrons. The lowest BCUT2D eigenvalue weighted by Crippen LogP contribution is -2.46. The van der Waals surface area contributed by atoms with Gasteiger partial charge in [-0.3, -0.25) is 9.69 Å². The number of hydrogen-bond acceptors (Lipinski definition) is 5. The maximum Gasteiger partial charge on any atom is 0.310 e. The lowest BCUT2D eigenvalue weighted by atomic mass is 9.94. The number of aliphatic hydroxyl groups is 1. The smallest absolute Gasteiger partial charge is 0.310 e. The summed E-state index contributed by atoms with van der Waals surface area (Å²) in [5.41, 5.74) is 0.855. The Morgan fingerprint density at radius 2 is 2.21 bits per heavy atom. The normalized spacial score (nSPS) is 21.5. The number of benzene rings is 1. The molecule has 1 aromatic carbocycles. The highest BCUT2D eigenvalue weighted by Crippen LogP contribution is 2.36. The number of halogens is 1. The quantitative estimate of drug-likeness (QED) is 0.780. The average molecular weight is 358 g/mol. The van der Waals surface area contributed by atoms with Crippen LogP contribution < -0.4 is 9.47 Å². The molecule has 0 aromatic heterocycles. The molecule has 134 valence electrons. The Labute approximate surface area is 146 Å². The predicted molar refractivity (Wildman–Crippen MR) is 90.8 cm³/mol. The van der Waals surface area contributed by atoms with E-state index in [9.17, 15) is 15.0 Å². The SMILES string of the molecule is CCCOc1c(CN2CC[C@@H](O)[C@@H](C(=O)O)C2)cc(Cl)cc1OC. The Morgan fingerprint density at radius 3 is 2.83 bits per heavy atom. The number of hydrogen-bond donors (Lipinski definition) is 2. The molecule has 1 aliphatic rings. The average Bonchev–Trinajstić information content (AvgIpc) is 2.55. The Bertz CT molecular complexity index is 580. The Balaban J connectivity index is 2.21. The Hall–Kier alpha value is -1.50. The van der Waals surface area contributed by atoms with Gasteiger partial charge in [-0.2, -0.15) is 0 Å². The Kier molecular flexibility index (Phi) is 6.71. The molecular formula is C17H24ClNO5. The van der Waals surface area contributed by atoms with Gasteiger partial charge in [0.05, 0.1) is 25.7 Å². The summed E-state index contributed by atoms with van der Waals surface area (Å²) in [4.78, 5) is 13.3. The van der Waals surface area contributed by atoms with Crippen molar-refractivity contribution in [2.45, 2.75) is 32.4 Å². The summed E-state index contributed by atoms with van der Waals surface area (Å²) in [7, 11) is 1.56. The number of ether oxygens (including phenoxy) is 2. The van der Waals surface area contributed by atoms with Gasteiger partial charge in [0.1, 0.15) is 0 Å². The van der Waals surface area contributed by atoms with Crippen LogP contribution in [0.3, 0.4) is 0 Å². The molecule has 0 amide bonds. The van der Waals surface area contributed by atoms with Crippen LogP contribution in [-0.4, -0.2) is 54.0 Å². The molecule has 1 fully saturated rings. The third-order valence-electron chi connectivity index (χ3n) is 4.14. The first kappa shape index (κ1) is 18.8. The molecule has 1 heterocycles. The van der Waals surface area contributed by atoms with Crippen LogP contribution in [0.5, 0.6) is 11.5 Å². The second kappa shape index (κ2) is 8.55. The monoisotopic (exact) mass is 357 g/mol. The van der Waals surface area contributed by atoms with Gasteiger partial charge in [0.15, 0.2) is 11.5 Å². The first-order valence-electron chi connectivity index (χ1n) is 8.08. The van der Waals surface area contributed by atoms with E-state index in [1.807, 2.05) is 17.9 Å². The van der Waals surface area contributed by atoms with Gasteiger partial charge in [0.2, 0.25) is 0 Å². The highest BCUT2D eigenvalue weighted by molar-refractivity contribution is 6.30. The number of aliphatic hydroxyl groups excluding tert-OH is 1. The maximum atomic E-state index is 11.3. The molecule has 0 spiro atoms. The van der Waals surface area contributed by atoms with E-state index in [1.54, 1.807) is 13.2 Å². The molecule has 1 aromatic rings. The van der Waals surface area contributed by atoms with E-state index in [4.69, 9.17) is 21.1 Å². The van der Waals surface area contributed by atoms with E-state index in [0.29, 0.717) is 49.2 Å². The van der Waals surface area contributed by atoms with Gasteiger partial charge >= 0.3 is 5.97 Å². The number of methoxy groups -OCH3 is 1. The highest BCUT2D eigenvalue weighted by Gasteiger charge is 2.33. The third kappa shape index (κ3) is 4.53. The van der Waals surface area contributed by atoms with Crippen LogP contribution in [0.2, 0.25) is 5.02 Å². The van der Waals surface area contributed by atoms with Crippen molar-refractivity contribution in [3.8, 4) is 11.5 Å². The van der Waals surface area contributed by atoms with Crippen molar-refractivity contribution >= 4 is 17.6 Å². The molecule has 24 heavy (non-hydrogen) atoms. The number of carboxylic acids is 1. The molecule has 0 aliphatic carbocycles. The lowest BCUT2D eigenvalue weighted by Gasteiger charge is -2.34. The molecule has 0 saturated carbocycles. The molecule has 0 bridgehead atoms. The van der Waals surface area contributed by atoms with Crippen molar-refractivity contribution in [1.82, 2.24) is 4.90 Å². The summed E-state index contributed by atoms with van der Waals surface area (Å²) in [5, 5.41) is 19.6. The van der Waals surface area contributed by atoms with Crippen LogP contribution in [0.4, 0.5) is 0 Å². The first-order valence-corrected chi connectivity index (χ1v) is 8.46. The van der Waals surface area contributed by atoms with Crippen LogP contribution >= 0.6 is 11.6 Å². The topological polar surface area (TPSA) is 79.2 Å². The summed E-state index contributed by atoms with van der Waals surface area (Å²) in [6, 6.07) is 3.52. The van der Waals surface area contributed by atoms with Crippen molar-refractivity contribution in [3.05, 3.63) is 22.7 Å². The van der Waals surface area contributed by atoms with Crippen LogP contribution in [0.15, 0.2) is 12.1 Å². The fraction of sp³-hybridized carbons (Fsp3) is 0.588. The first-order chi connectivity index (χ1) is 11.5.